The third-order valence-electron chi connectivity index (χ3n) is 4.37. The Hall–Kier alpha value is -1.35. The second kappa shape index (κ2) is 6.20. The molecule has 1 aliphatic rings. The van der Waals surface area contributed by atoms with Crippen LogP contribution in [0.5, 0.6) is 0 Å². The van der Waals surface area contributed by atoms with Crippen LogP contribution in [0.2, 0.25) is 0 Å². The summed E-state index contributed by atoms with van der Waals surface area (Å²) in [7, 11) is 0. The van der Waals surface area contributed by atoms with Crippen LogP contribution in [0.25, 0.3) is 0 Å². The summed E-state index contributed by atoms with van der Waals surface area (Å²) >= 11 is 0. The van der Waals surface area contributed by atoms with Gasteiger partial charge in [0.1, 0.15) is 0 Å². The summed E-state index contributed by atoms with van der Waals surface area (Å²) in [4.78, 5) is 14.3. The van der Waals surface area contributed by atoms with Crippen LogP contribution in [0.3, 0.4) is 0 Å². The van der Waals surface area contributed by atoms with Crippen LogP contribution in [-0.2, 0) is 4.79 Å². The Balaban J connectivity index is 2.04. The third kappa shape index (κ3) is 2.81. The van der Waals surface area contributed by atoms with Crippen molar-refractivity contribution in [1.82, 2.24) is 4.90 Å². The largest absolute Gasteiger partial charge is 0.343 e. The van der Waals surface area contributed by atoms with Crippen molar-refractivity contribution < 1.29 is 4.79 Å². The predicted octanol–water partition coefficient (Wildman–Crippen LogP) is 2.58. The standard InChI is InChI=1S/C16H24N2O/c1-3-18(4-2)16(19)14-11-10-13(14)15(17)12-8-6-5-7-9-12/h5-9,13-15H,3-4,10-11,17H2,1-2H3. The molecule has 0 saturated heterocycles. The maximum atomic E-state index is 12.4. The third-order valence-corrected chi connectivity index (χ3v) is 4.37. The average molecular weight is 260 g/mol. The van der Waals surface area contributed by atoms with Crippen molar-refractivity contribution >= 4 is 5.91 Å². The van der Waals surface area contributed by atoms with Gasteiger partial charge >= 0.3 is 0 Å². The smallest absolute Gasteiger partial charge is 0.226 e. The molecule has 1 amide bonds. The minimum Gasteiger partial charge on any atom is -0.343 e. The number of rotatable bonds is 5. The SMILES string of the molecule is CCN(CC)C(=O)C1CCC1C(N)c1ccccc1. The first-order valence-corrected chi connectivity index (χ1v) is 7.28. The van der Waals surface area contributed by atoms with E-state index >= 15 is 0 Å². The number of carbonyl (C=O) groups excluding carboxylic acids is 1. The van der Waals surface area contributed by atoms with E-state index in [0.717, 1.165) is 31.5 Å². The molecule has 1 aliphatic carbocycles. The maximum absolute atomic E-state index is 12.4. The highest BCUT2D eigenvalue weighted by molar-refractivity contribution is 5.80. The number of hydrogen-bond donors (Lipinski definition) is 1. The van der Waals surface area contributed by atoms with Crippen molar-refractivity contribution in [2.45, 2.75) is 32.7 Å². The summed E-state index contributed by atoms with van der Waals surface area (Å²) in [6.45, 7) is 5.65. The van der Waals surface area contributed by atoms with E-state index in [0.29, 0.717) is 5.92 Å². The van der Waals surface area contributed by atoms with Gasteiger partial charge in [-0.3, -0.25) is 4.79 Å². The lowest BCUT2D eigenvalue weighted by Gasteiger charge is -2.41. The molecule has 0 aliphatic heterocycles. The first kappa shape index (κ1) is 14.1. The fourth-order valence-electron chi connectivity index (χ4n) is 2.95. The molecule has 19 heavy (non-hydrogen) atoms. The van der Waals surface area contributed by atoms with Gasteiger partial charge in [-0.25, -0.2) is 0 Å². The minimum absolute atomic E-state index is 0.0144. The molecular weight excluding hydrogens is 236 g/mol. The molecule has 0 aromatic heterocycles. The molecule has 2 N–H and O–H groups in total. The monoisotopic (exact) mass is 260 g/mol. The maximum Gasteiger partial charge on any atom is 0.226 e. The van der Waals surface area contributed by atoms with Gasteiger partial charge in [-0.1, -0.05) is 30.3 Å². The van der Waals surface area contributed by atoms with E-state index < -0.39 is 0 Å². The Labute approximate surface area is 115 Å². The van der Waals surface area contributed by atoms with E-state index in [1.165, 1.54) is 0 Å². The lowest BCUT2D eigenvalue weighted by molar-refractivity contribution is -0.141. The Morgan fingerprint density at radius 3 is 2.37 bits per heavy atom. The molecule has 0 spiro atoms. The van der Waals surface area contributed by atoms with Crippen LogP contribution in [-0.4, -0.2) is 23.9 Å². The van der Waals surface area contributed by atoms with Crippen molar-refractivity contribution in [2.75, 3.05) is 13.1 Å². The van der Waals surface area contributed by atoms with Gasteiger partial charge in [0.25, 0.3) is 0 Å². The number of nitrogens with zero attached hydrogens (tertiary/aromatic N) is 1. The minimum atomic E-state index is -0.0144. The van der Waals surface area contributed by atoms with E-state index in [-0.39, 0.29) is 17.9 Å². The quantitative estimate of drug-likeness (QED) is 0.884. The van der Waals surface area contributed by atoms with Crippen LogP contribution >= 0.6 is 0 Å². The lowest BCUT2D eigenvalue weighted by atomic mass is 9.67. The number of hydrogen-bond acceptors (Lipinski definition) is 2. The topological polar surface area (TPSA) is 46.3 Å². The van der Waals surface area contributed by atoms with Crippen molar-refractivity contribution in [3.8, 4) is 0 Å². The van der Waals surface area contributed by atoms with Gasteiger partial charge in [0, 0.05) is 25.0 Å². The summed E-state index contributed by atoms with van der Waals surface area (Å²) in [6.07, 6.45) is 2.05. The summed E-state index contributed by atoms with van der Waals surface area (Å²) in [5, 5.41) is 0. The Morgan fingerprint density at radius 1 is 1.26 bits per heavy atom. The predicted molar refractivity (Wildman–Crippen MR) is 77.5 cm³/mol. The molecule has 1 aromatic rings. The number of nitrogens with two attached hydrogens (primary N) is 1. The first-order valence-electron chi connectivity index (χ1n) is 7.28. The Bertz CT molecular complexity index is 414. The second-order valence-electron chi connectivity index (χ2n) is 5.29. The molecule has 0 heterocycles. The zero-order valence-corrected chi connectivity index (χ0v) is 11.9. The van der Waals surface area contributed by atoms with Gasteiger partial charge < -0.3 is 10.6 Å². The average Bonchev–Trinajstić information content (AvgIpc) is 2.40. The summed E-state index contributed by atoms with van der Waals surface area (Å²) in [6, 6.07) is 10.1. The molecule has 0 bridgehead atoms. The van der Waals surface area contributed by atoms with Crippen LogP contribution in [0.15, 0.2) is 30.3 Å². The van der Waals surface area contributed by atoms with Crippen molar-refractivity contribution in [3.63, 3.8) is 0 Å². The van der Waals surface area contributed by atoms with Crippen molar-refractivity contribution in [1.29, 1.82) is 0 Å². The highest BCUT2D eigenvalue weighted by atomic mass is 16.2. The highest BCUT2D eigenvalue weighted by Crippen LogP contribution is 2.42. The molecule has 0 radical (unpaired) electrons. The molecule has 1 aromatic carbocycles. The summed E-state index contributed by atoms with van der Waals surface area (Å²) in [5.41, 5.74) is 7.48. The van der Waals surface area contributed by atoms with Crippen LogP contribution in [0, 0.1) is 11.8 Å². The lowest BCUT2D eigenvalue weighted by Crippen LogP contribution is -2.46. The van der Waals surface area contributed by atoms with E-state index in [2.05, 4.69) is 12.1 Å². The highest BCUT2D eigenvalue weighted by Gasteiger charge is 2.41. The Morgan fingerprint density at radius 2 is 1.89 bits per heavy atom. The van der Waals surface area contributed by atoms with E-state index in [1.54, 1.807) is 0 Å². The first-order chi connectivity index (χ1) is 9.19. The molecule has 2 rings (SSSR count). The normalized spacial score (nSPS) is 23.5. The number of amides is 1. The zero-order valence-electron chi connectivity index (χ0n) is 11.9. The van der Waals surface area contributed by atoms with Gasteiger partial charge in [0.05, 0.1) is 0 Å². The van der Waals surface area contributed by atoms with Crippen molar-refractivity contribution in [2.24, 2.45) is 17.6 Å². The molecule has 3 heteroatoms. The van der Waals surface area contributed by atoms with E-state index in [1.807, 2.05) is 36.9 Å². The summed E-state index contributed by atoms with van der Waals surface area (Å²) in [5.74, 6) is 0.707. The molecule has 1 fully saturated rings. The molecule has 3 unspecified atom stereocenters. The molecule has 3 atom stereocenters. The summed E-state index contributed by atoms with van der Waals surface area (Å²) < 4.78 is 0. The number of carbonyl (C=O) groups is 1. The van der Waals surface area contributed by atoms with Crippen LogP contribution < -0.4 is 5.73 Å². The second-order valence-corrected chi connectivity index (χ2v) is 5.29. The van der Waals surface area contributed by atoms with Crippen LogP contribution in [0.4, 0.5) is 0 Å². The molecular formula is C16H24N2O. The Kier molecular flexibility index (Phi) is 4.59. The fraction of sp³-hybridized carbons (Fsp3) is 0.562. The molecule has 104 valence electrons. The van der Waals surface area contributed by atoms with Gasteiger partial charge in [-0.15, -0.1) is 0 Å². The van der Waals surface area contributed by atoms with E-state index in [4.69, 9.17) is 5.73 Å². The van der Waals surface area contributed by atoms with Gasteiger partial charge in [-0.05, 0) is 38.2 Å². The number of benzene rings is 1. The van der Waals surface area contributed by atoms with Gasteiger partial charge in [-0.2, -0.15) is 0 Å². The zero-order chi connectivity index (χ0) is 13.8. The van der Waals surface area contributed by atoms with Gasteiger partial charge in [0.2, 0.25) is 5.91 Å². The molecule has 1 saturated carbocycles. The molecule has 3 nitrogen and oxygen atoms in total. The van der Waals surface area contributed by atoms with Gasteiger partial charge in [0.15, 0.2) is 0 Å². The van der Waals surface area contributed by atoms with Crippen molar-refractivity contribution in [3.05, 3.63) is 35.9 Å². The van der Waals surface area contributed by atoms with E-state index in [9.17, 15) is 4.79 Å². The fourth-order valence-corrected chi connectivity index (χ4v) is 2.95. The van der Waals surface area contributed by atoms with Crippen LogP contribution in [0.1, 0.15) is 38.3 Å².